The first-order valence-electron chi connectivity index (χ1n) is 13.2. The van der Waals surface area contributed by atoms with Crippen molar-refractivity contribution in [2.24, 2.45) is 11.8 Å². The third kappa shape index (κ3) is 3.78. The van der Waals surface area contributed by atoms with Crippen LogP contribution in [0.4, 0.5) is 10.2 Å². The molecule has 1 aromatic carbocycles. The first-order chi connectivity index (χ1) is 17.9. The second kappa shape index (κ2) is 8.95. The van der Waals surface area contributed by atoms with Gasteiger partial charge in [0.1, 0.15) is 23.5 Å². The topological polar surface area (TPSA) is 74.8 Å². The number of fused-ring (bicyclic) bond motifs is 3. The van der Waals surface area contributed by atoms with Gasteiger partial charge in [0.15, 0.2) is 5.78 Å². The molecular formula is C30H30FN5O. The summed E-state index contributed by atoms with van der Waals surface area (Å²) < 4.78 is 16.5. The van der Waals surface area contributed by atoms with Crippen molar-refractivity contribution in [2.45, 2.75) is 51.4 Å². The van der Waals surface area contributed by atoms with Crippen molar-refractivity contribution in [1.82, 2.24) is 14.5 Å². The number of halogens is 1. The first kappa shape index (κ1) is 23.6. The van der Waals surface area contributed by atoms with Gasteiger partial charge < -0.3 is 4.90 Å². The maximum atomic E-state index is 14.4. The molecule has 0 bridgehead atoms. The van der Waals surface area contributed by atoms with Crippen molar-refractivity contribution in [3.8, 4) is 23.1 Å². The summed E-state index contributed by atoms with van der Waals surface area (Å²) in [6.07, 6.45) is 8.72. The smallest absolute Gasteiger partial charge is 0.176 e. The quantitative estimate of drug-likeness (QED) is 0.476. The van der Waals surface area contributed by atoms with Gasteiger partial charge in [0.25, 0.3) is 0 Å². The maximum absolute atomic E-state index is 14.4. The molecule has 188 valence electrons. The van der Waals surface area contributed by atoms with E-state index >= 15 is 0 Å². The molecule has 6 nitrogen and oxygen atoms in total. The van der Waals surface area contributed by atoms with E-state index in [1.807, 2.05) is 31.3 Å². The Kier molecular flexibility index (Phi) is 5.71. The summed E-state index contributed by atoms with van der Waals surface area (Å²) in [4.78, 5) is 25.0. The lowest BCUT2D eigenvalue weighted by atomic mass is 9.58. The fraction of sp³-hybridized carbons (Fsp3) is 0.400. The molecule has 3 atom stereocenters. The van der Waals surface area contributed by atoms with Gasteiger partial charge >= 0.3 is 0 Å². The lowest BCUT2D eigenvalue weighted by molar-refractivity contribution is -0.121. The van der Waals surface area contributed by atoms with E-state index in [4.69, 9.17) is 4.98 Å². The highest BCUT2D eigenvalue weighted by Gasteiger charge is 2.50. The molecule has 2 aliphatic carbocycles. The van der Waals surface area contributed by atoms with Gasteiger partial charge in [-0.15, -0.1) is 0 Å². The molecular weight excluding hydrogens is 465 g/mol. The average Bonchev–Trinajstić information content (AvgIpc) is 3.32. The summed E-state index contributed by atoms with van der Waals surface area (Å²) in [5, 5.41) is 9.71. The summed E-state index contributed by atoms with van der Waals surface area (Å²) in [7, 11) is 0. The van der Waals surface area contributed by atoms with E-state index in [-0.39, 0.29) is 29.0 Å². The summed E-state index contributed by atoms with van der Waals surface area (Å²) in [6, 6.07) is 12.8. The first-order valence-corrected chi connectivity index (χ1v) is 13.2. The van der Waals surface area contributed by atoms with Gasteiger partial charge in [-0.1, -0.05) is 26.0 Å². The second-order valence-electron chi connectivity index (χ2n) is 10.7. The van der Waals surface area contributed by atoms with Crippen molar-refractivity contribution in [3.05, 3.63) is 71.4 Å². The van der Waals surface area contributed by atoms with Gasteiger partial charge in [0.2, 0.25) is 0 Å². The molecule has 1 saturated heterocycles. The Bertz CT molecular complexity index is 1460. The molecule has 3 heterocycles. The summed E-state index contributed by atoms with van der Waals surface area (Å²) >= 11 is 0. The van der Waals surface area contributed by atoms with Crippen LogP contribution in [0.3, 0.4) is 0 Å². The fourth-order valence-corrected chi connectivity index (χ4v) is 6.65. The van der Waals surface area contributed by atoms with E-state index in [9.17, 15) is 14.4 Å². The highest BCUT2D eigenvalue weighted by molar-refractivity contribution is 6.02. The number of nitrogens with zero attached hydrogens (tertiary/aromatic N) is 5. The molecule has 1 fully saturated rings. The number of carbonyl (C=O) groups is 1. The van der Waals surface area contributed by atoms with Gasteiger partial charge in [-0.05, 0) is 68.4 Å². The molecule has 2 aromatic heterocycles. The predicted octanol–water partition coefficient (Wildman–Crippen LogP) is 5.55. The third-order valence-corrected chi connectivity index (χ3v) is 8.54. The number of rotatable bonds is 3. The molecule has 0 saturated carbocycles. The van der Waals surface area contributed by atoms with Crippen LogP contribution >= 0.6 is 0 Å². The van der Waals surface area contributed by atoms with Gasteiger partial charge in [0.05, 0.1) is 17.0 Å². The van der Waals surface area contributed by atoms with Crippen molar-refractivity contribution in [1.29, 1.82) is 5.26 Å². The van der Waals surface area contributed by atoms with Crippen LogP contribution in [0, 0.1) is 29.0 Å². The van der Waals surface area contributed by atoms with E-state index in [0.29, 0.717) is 5.69 Å². The van der Waals surface area contributed by atoms with Gasteiger partial charge in [-0.25, -0.2) is 14.4 Å². The van der Waals surface area contributed by atoms with Crippen LogP contribution in [0.5, 0.6) is 0 Å². The van der Waals surface area contributed by atoms with Crippen LogP contribution in [0.25, 0.3) is 17.1 Å². The van der Waals surface area contributed by atoms with Crippen LogP contribution in [0.15, 0.2) is 54.2 Å². The van der Waals surface area contributed by atoms with E-state index in [1.165, 1.54) is 18.6 Å². The van der Waals surface area contributed by atoms with E-state index in [1.54, 1.807) is 6.07 Å². The monoisotopic (exact) mass is 495 g/mol. The third-order valence-electron chi connectivity index (χ3n) is 8.54. The number of benzene rings is 1. The van der Waals surface area contributed by atoms with E-state index < -0.39 is 5.41 Å². The number of Topliss-reactive ketones (excluding diaryl/α,β-unsaturated/α-hetero) is 1. The second-order valence-corrected chi connectivity index (χ2v) is 10.7. The van der Waals surface area contributed by atoms with Crippen molar-refractivity contribution in [2.75, 3.05) is 18.0 Å². The fourth-order valence-electron chi connectivity index (χ4n) is 6.65. The molecule has 37 heavy (non-hydrogen) atoms. The minimum atomic E-state index is -0.567. The number of ketones is 1. The number of imidazole rings is 1. The molecule has 7 heteroatoms. The Labute approximate surface area is 216 Å². The molecule has 0 spiro atoms. The minimum absolute atomic E-state index is 0.0506. The standard InChI is InChI=1S/C30H30FN5O/c1-19-24-9-10-25-28(30(24,2)17-21(18-32)27(19)37)34-29(36(25)23-8-6-7-22(31)16-23)20-11-12-33-26(15-20)35-13-4-3-5-14-35/h6-8,11-12,15-17,19,24H,3-5,9-10,13-14H2,1-2H3/t19-,24-,30-/m1/s1. The Balaban J connectivity index is 1.57. The number of pyridine rings is 1. The summed E-state index contributed by atoms with van der Waals surface area (Å²) in [5.41, 5.74) is 3.14. The van der Waals surface area contributed by atoms with E-state index in [2.05, 4.69) is 33.5 Å². The zero-order valence-electron chi connectivity index (χ0n) is 21.2. The van der Waals surface area contributed by atoms with Crippen molar-refractivity contribution < 1.29 is 9.18 Å². The Morgan fingerprint density at radius 1 is 1.16 bits per heavy atom. The number of piperidine rings is 1. The number of carbonyl (C=O) groups excluding carboxylic acids is 1. The lowest BCUT2D eigenvalue weighted by Gasteiger charge is -2.44. The molecule has 0 N–H and O–H groups in total. The van der Waals surface area contributed by atoms with E-state index in [0.717, 1.165) is 67.4 Å². The Morgan fingerprint density at radius 3 is 2.73 bits per heavy atom. The lowest BCUT2D eigenvalue weighted by Crippen LogP contribution is -2.45. The van der Waals surface area contributed by atoms with Gasteiger partial charge in [0, 0.05) is 41.9 Å². The van der Waals surface area contributed by atoms with Gasteiger partial charge in [-0.2, -0.15) is 5.26 Å². The van der Waals surface area contributed by atoms with Crippen molar-refractivity contribution >= 4 is 11.6 Å². The molecule has 3 aliphatic rings. The van der Waals surface area contributed by atoms with Crippen LogP contribution in [-0.4, -0.2) is 33.4 Å². The number of hydrogen-bond acceptors (Lipinski definition) is 5. The highest BCUT2D eigenvalue weighted by atomic mass is 19.1. The van der Waals surface area contributed by atoms with Crippen molar-refractivity contribution in [3.63, 3.8) is 0 Å². The average molecular weight is 496 g/mol. The predicted molar refractivity (Wildman–Crippen MR) is 140 cm³/mol. The van der Waals surface area contributed by atoms with Crippen LogP contribution in [-0.2, 0) is 16.6 Å². The minimum Gasteiger partial charge on any atom is -0.357 e. The van der Waals surface area contributed by atoms with Crippen LogP contribution in [0.1, 0.15) is 50.9 Å². The maximum Gasteiger partial charge on any atom is 0.176 e. The molecule has 3 aromatic rings. The molecule has 0 radical (unpaired) electrons. The highest BCUT2D eigenvalue weighted by Crippen LogP contribution is 2.50. The molecule has 0 unspecified atom stereocenters. The molecule has 6 rings (SSSR count). The number of allylic oxidation sites excluding steroid dienone is 2. The number of nitriles is 1. The van der Waals surface area contributed by atoms with Crippen LogP contribution < -0.4 is 4.90 Å². The number of anilines is 1. The normalized spacial score (nSPS) is 25.2. The summed E-state index contributed by atoms with van der Waals surface area (Å²) in [6.45, 7) is 5.99. The summed E-state index contributed by atoms with van der Waals surface area (Å²) in [5.74, 6) is 1.06. The zero-order chi connectivity index (χ0) is 25.7. The molecule has 0 amide bonds. The largest absolute Gasteiger partial charge is 0.357 e. The van der Waals surface area contributed by atoms with Crippen LogP contribution in [0.2, 0.25) is 0 Å². The SMILES string of the molecule is C[C@H]1C(=O)C(C#N)=C[C@@]2(C)c3nc(-c4ccnc(N5CCCCC5)c4)n(-c4cccc(F)c4)c3CC[C@H]12. The Hall–Kier alpha value is -3.79. The van der Waals surface area contributed by atoms with Gasteiger partial charge in [-0.3, -0.25) is 9.36 Å². The number of hydrogen-bond donors (Lipinski definition) is 0. The Morgan fingerprint density at radius 2 is 1.97 bits per heavy atom. The zero-order valence-corrected chi connectivity index (χ0v) is 21.2. The molecule has 1 aliphatic heterocycles. The number of aromatic nitrogens is 3.